The van der Waals surface area contributed by atoms with E-state index in [0.717, 1.165) is 0 Å². The number of carboxylic acids is 2. The smallest absolute Gasteiger partial charge is 0.342 e. The summed E-state index contributed by atoms with van der Waals surface area (Å²) in [7, 11) is 0. The van der Waals surface area contributed by atoms with Crippen LogP contribution in [0.2, 0.25) is 0 Å². The number of rotatable bonds is 7. The third-order valence-corrected chi connectivity index (χ3v) is 3.57. The van der Waals surface area contributed by atoms with Crippen LogP contribution < -0.4 is 20.8 Å². The van der Waals surface area contributed by atoms with E-state index in [9.17, 15) is 24.6 Å². The van der Waals surface area contributed by atoms with Crippen LogP contribution in [0, 0.1) is 0 Å². The number of nitrogens with one attached hydrogen (secondary N) is 1. The largest absolute Gasteiger partial charge is 0.490 e. The summed E-state index contributed by atoms with van der Waals surface area (Å²) >= 11 is 0. The van der Waals surface area contributed by atoms with Gasteiger partial charge in [0.05, 0.1) is 12.7 Å². The molecular formula is C18H20N2O7. The minimum Gasteiger partial charge on any atom is -0.490 e. The fourth-order valence-electron chi connectivity index (χ4n) is 2.62. The highest BCUT2D eigenvalue weighted by Gasteiger charge is 2.27. The Kier molecular flexibility index (Phi) is 5.74. The first-order valence-electron chi connectivity index (χ1n) is 8.13. The minimum absolute atomic E-state index is 0.144. The van der Waals surface area contributed by atoms with Gasteiger partial charge in [0.25, 0.3) is 5.56 Å². The molecule has 1 heterocycles. The number of benzene rings is 1. The predicted octanol–water partition coefficient (Wildman–Crippen LogP) is 2.21. The molecule has 0 spiro atoms. The fourth-order valence-corrected chi connectivity index (χ4v) is 2.62. The SMILES string of the molecule is CCOc1cc(-c2c(C(=O)O)c(N)[nH]c(=O)c2C(=O)O)ccc1OC(C)C. The molecule has 0 saturated carbocycles. The number of hydrogen-bond acceptors (Lipinski definition) is 6. The van der Waals surface area contributed by atoms with Crippen molar-refractivity contribution in [1.29, 1.82) is 0 Å². The van der Waals surface area contributed by atoms with Crippen molar-refractivity contribution >= 4 is 17.8 Å². The van der Waals surface area contributed by atoms with E-state index in [4.69, 9.17) is 15.2 Å². The van der Waals surface area contributed by atoms with Crippen LogP contribution in [0.15, 0.2) is 23.0 Å². The Labute approximate surface area is 154 Å². The molecular weight excluding hydrogens is 356 g/mol. The Morgan fingerprint density at radius 2 is 1.78 bits per heavy atom. The average molecular weight is 376 g/mol. The number of ether oxygens (including phenoxy) is 2. The molecule has 0 aliphatic heterocycles. The lowest BCUT2D eigenvalue weighted by Crippen LogP contribution is -2.24. The van der Waals surface area contributed by atoms with Crippen LogP contribution >= 0.6 is 0 Å². The summed E-state index contributed by atoms with van der Waals surface area (Å²) in [5, 5.41) is 18.9. The second-order valence-electron chi connectivity index (χ2n) is 5.86. The number of hydrogen-bond donors (Lipinski definition) is 4. The van der Waals surface area contributed by atoms with E-state index in [-0.39, 0.29) is 23.0 Å². The highest BCUT2D eigenvalue weighted by molar-refractivity contribution is 6.07. The summed E-state index contributed by atoms with van der Waals surface area (Å²) in [4.78, 5) is 37.5. The van der Waals surface area contributed by atoms with Gasteiger partial charge >= 0.3 is 11.9 Å². The Morgan fingerprint density at radius 1 is 1.15 bits per heavy atom. The second-order valence-corrected chi connectivity index (χ2v) is 5.86. The maximum atomic E-state index is 12.1. The molecule has 2 rings (SSSR count). The molecule has 0 unspecified atom stereocenters. The van der Waals surface area contributed by atoms with Crippen molar-refractivity contribution in [2.24, 2.45) is 0 Å². The minimum atomic E-state index is -1.57. The monoisotopic (exact) mass is 376 g/mol. The number of nitrogen functional groups attached to an aromatic ring is 1. The van der Waals surface area contributed by atoms with Gasteiger partial charge in [-0.2, -0.15) is 0 Å². The standard InChI is InChI=1S/C18H20N2O7/c1-4-26-11-7-9(5-6-10(11)27-8(2)3)12-13(17(22)23)15(19)20-16(21)14(12)18(24)25/h5-8H,4H2,1-3H3,(H,22,23)(H,24,25)(H3,19,20,21). The number of aromatic nitrogens is 1. The van der Waals surface area contributed by atoms with Crippen LogP contribution in [0.25, 0.3) is 11.1 Å². The zero-order chi connectivity index (χ0) is 20.3. The van der Waals surface area contributed by atoms with E-state index in [1.807, 2.05) is 13.8 Å². The molecule has 9 nitrogen and oxygen atoms in total. The van der Waals surface area contributed by atoms with E-state index in [1.54, 1.807) is 6.92 Å². The first-order chi connectivity index (χ1) is 12.7. The number of anilines is 1. The summed E-state index contributed by atoms with van der Waals surface area (Å²) in [5.41, 5.74) is 3.27. The molecule has 144 valence electrons. The van der Waals surface area contributed by atoms with Gasteiger partial charge in [-0.25, -0.2) is 9.59 Å². The summed E-state index contributed by atoms with van der Waals surface area (Å²) in [6.07, 6.45) is -0.144. The Hall–Kier alpha value is -3.49. The van der Waals surface area contributed by atoms with Gasteiger partial charge < -0.3 is 30.4 Å². The second kappa shape index (κ2) is 7.81. The maximum Gasteiger partial charge on any atom is 0.342 e. The number of pyridine rings is 1. The van der Waals surface area contributed by atoms with Crippen LogP contribution in [0.1, 0.15) is 41.5 Å². The van der Waals surface area contributed by atoms with Gasteiger partial charge in [-0.1, -0.05) is 6.07 Å². The van der Waals surface area contributed by atoms with Gasteiger partial charge in [0.15, 0.2) is 11.5 Å². The Morgan fingerprint density at radius 3 is 2.30 bits per heavy atom. The van der Waals surface area contributed by atoms with E-state index < -0.39 is 34.4 Å². The summed E-state index contributed by atoms with van der Waals surface area (Å²) < 4.78 is 11.2. The molecule has 0 fully saturated rings. The van der Waals surface area contributed by atoms with Gasteiger partial charge in [-0.05, 0) is 38.5 Å². The van der Waals surface area contributed by atoms with Gasteiger partial charge in [-0.15, -0.1) is 0 Å². The molecule has 0 saturated heterocycles. The molecule has 5 N–H and O–H groups in total. The van der Waals surface area contributed by atoms with Gasteiger partial charge in [-0.3, -0.25) is 4.79 Å². The topological polar surface area (TPSA) is 152 Å². The van der Waals surface area contributed by atoms with Crippen molar-refractivity contribution in [2.45, 2.75) is 26.9 Å². The van der Waals surface area contributed by atoms with Crippen LogP contribution in [0.4, 0.5) is 5.82 Å². The number of nitrogens with two attached hydrogens (primary N) is 1. The lowest BCUT2D eigenvalue weighted by molar-refractivity contribution is 0.0695. The van der Waals surface area contributed by atoms with Crippen LogP contribution in [0.3, 0.4) is 0 Å². The summed E-state index contributed by atoms with van der Waals surface area (Å²) in [6.45, 7) is 5.70. The quantitative estimate of drug-likeness (QED) is 0.574. The lowest BCUT2D eigenvalue weighted by Gasteiger charge is -2.17. The van der Waals surface area contributed by atoms with E-state index in [1.165, 1.54) is 18.2 Å². The normalized spacial score (nSPS) is 10.7. The van der Waals surface area contributed by atoms with Crippen LogP contribution in [0.5, 0.6) is 11.5 Å². The average Bonchev–Trinajstić information content (AvgIpc) is 2.54. The van der Waals surface area contributed by atoms with E-state index >= 15 is 0 Å². The van der Waals surface area contributed by atoms with Crippen molar-refractivity contribution in [2.75, 3.05) is 12.3 Å². The van der Waals surface area contributed by atoms with Crippen LogP contribution in [-0.2, 0) is 0 Å². The van der Waals surface area contributed by atoms with E-state index in [0.29, 0.717) is 12.4 Å². The first-order valence-corrected chi connectivity index (χ1v) is 8.13. The van der Waals surface area contributed by atoms with Gasteiger partial charge in [0, 0.05) is 5.56 Å². The fraction of sp³-hybridized carbons (Fsp3) is 0.278. The number of aromatic amines is 1. The number of carboxylic acid groups (broad SMARTS) is 2. The highest BCUT2D eigenvalue weighted by atomic mass is 16.5. The molecule has 0 radical (unpaired) electrons. The van der Waals surface area contributed by atoms with Crippen molar-refractivity contribution in [3.63, 3.8) is 0 Å². The van der Waals surface area contributed by atoms with Crippen molar-refractivity contribution in [3.8, 4) is 22.6 Å². The van der Waals surface area contributed by atoms with Crippen molar-refractivity contribution in [3.05, 3.63) is 39.7 Å². The molecule has 9 heteroatoms. The highest BCUT2D eigenvalue weighted by Crippen LogP contribution is 2.36. The van der Waals surface area contributed by atoms with Gasteiger partial charge in [0.1, 0.15) is 16.9 Å². The van der Waals surface area contributed by atoms with E-state index in [2.05, 4.69) is 4.98 Å². The number of carbonyl (C=O) groups is 2. The summed E-state index contributed by atoms with van der Waals surface area (Å²) in [6, 6.07) is 4.40. The third-order valence-electron chi connectivity index (χ3n) is 3.57. The van der Waals surface area contributed by atoms with Crippen molar-refractivity contribution in [1.82, 2.24) is 4.98 Å². The Bertz CT molecular complexity index is 947. The van der Waals surface area contributed by atoms with Crippen LogP contribution in [-0.4, -0.2) is 39.8 Å². The first kappa shape index (κ1) is 19.8. The molecule has 0 aliphatic rings. The third kappa shape index (κ3) is 4.02. The molecule has 27 heavy (non-hydrogen) atoms. The maximum absolute atomic E-state index is 12.1. The molecule has 1 aromatic carbocycles. The summed E-state index contributed by atoms with van der Waals surface area (Å²) in [5.74, 6) is -2.79. The molecule has 1 aromatic heterocycles. The van der Waals surface area contributed by atoms with Crippen molar-refractivity contribution < 1.29 is 29.3 Å². The zero-order valence-electron chi connectivity index (χ0n) is 15.0. The number of aromatic carboxylic acids is 2. The molecule has 0 aliphatic carbocycles. The lowest BCUT2D eigenvalue weighted by atomic mass is 9.95. The Balaban J connectivity index is 2.84. The molecule has 2 aromatic rings. The van der Waals surface area contributed by atoms with Gasteiger partial charge in [0.2, 0.25) is 0 Å². The zero-order valence-corrected chi connectivity index (χ0v) is 15.0. The predicted molar refractivity (Wildman–Crippen MR) is 97.8 cm³/mol. The molecule has 0 atom stereocenters. The molecule has 0 bridgehead atoms. The number of H-pyrrole nitrogens is 1. The molecule has 0 amide bonds.